The molecule has 2 aliphatic heterocycles. The predicted octanol–water partition coefficient (Wildman–Crippen LogP) is -0.676. The Balaban J connectivity index is 0.000000605. The summed E-state index contributed by atoms with van der Waals surface area (Å²) in [5.41, 5.74) is 5.37. The fraction of sp³-hybridized carbons (Fsp3) is 0.833. The molecule has 0 radical (unpaired) electrons. The highest BCUT2D eigenvalue weighted by molar-refractivity contribution is 5.85. The highest BCUT2D eigenvalue weighted by atomic mass is 35.5. The van der Waals surface area contributed by atoms with Gasteiger partial charge in [-0.15, -0.1) is 12.4 Å². The van der Waals surface area contributed by atoms with Crippen molar-refractivity contribution in [2.24, 2.45) is 5.73 Å². The van der Waals surface area contributed by atoms with E-state index in [1.807, 2.05) is 0 Å². The van der Waals surface area contributed by atoms with Crippen LogP contribution in [0.2, 0.25) is 0 Å². The zero-order valence-corrected chi connectivity index (χ0v) is 6.84. The Labute approximate surface area is 71.1 Å². The smallest absolute Gasteiger partial charge is 0.229 e. The second-order valence-electron chi connectivity index (χ2n) is 2.70. The van der Waals surface area contributed by atoms with Gasteiger partial charge in [-0.3, -0.25) is 4.79 Å². The monoisotopic (exact) mass is 178 g/mol. The van der Waals surface area contributed by atoms with Crippen molar-refractivity contribution in [1.82, 2.24) is 4.90 Å². The van der Waals surface area contributed by atoms with Gasteiger partial charge in [0.2, 0.25) is 5.91 Å². The number of carbonyl (C=O) groups excluding carboxylic acids is 1. The number of carbonyl (C=O) groups is 1. The Morgan fingerprint density at radius 3 is 2.91 bits per heavy atom. The largest absolute Gasteiger partial charge is 0.351 e. The van der Waals surface area contributed by atoms with Gasteiger partial charge < -0.3 is 15.4 Å². The summed E-state index contributed by atoms with van der Waals surface area (Å²) in [7, 11) is 0. The summed E-state index contributed by atoms with van der Waals surface area (Å²) in [5.74, 6) is 0.195. The second-order valence-corrected chi connectivity index (χ2v) is 2.70. The minimum absolute atomic E-state index is 0. The number of amides is 1. The minimum atomic E-state index is 0. The molecule has 0 aromatic rings. The Hall–Kier alpha value is -0.320. The van der Waals surface area contributed by atoms with Gasteiger partial charge in [-0.05, 0) is 0 Å². The number of nitrogens with zero attached hydrogens (tertiary/aromatic N) is 1. The van der Waals surface area contributed by atoms with E-state index in [0.717, 1.165) is 0 Å². The van der Waals surface area contributed by atoms with Gasteiger partial charge in [0.25, 0.3) is 0 Å². The van der Waals surface area contributed by atoms with Gasteiger partial charge in [0, 0.05) is 6.54 Å². The topological polar surface area (TPSA) is 55.6 Å². The molecule has 1 amide bonds. The third kappa shape index (κ3) is 1.21. The Morgan fingerprint density at radius 2 is 2.45 bits per heavy atom. The molecule has 2 fully saturated rings. The number of rotatable bonds is 1. The molecular weight excluding hydrogens is 168 g/mol. The highest BCUT2D eigenvalue weighted by Crippen LogP contribution is 2.27. The van der Waals surface area contributed by atoms with Crippen LogP contribution in [0.4, 0.5) is 0 Å². The number of ether oxygens (including phenoxy) is 1. The van der Waals surface area contributed by atoms with Crippen LogP contribution in [-0.4, -0.2) is 36.2 Å². The zero-order valence-electron chi connectivity index (χ0n) is 6.03. The molecule has 2 atom stereocenters. The maximum Gasteiger partial charge on any atom is 0.229 e. The van der Waals surface area contributed by atoms with Crippen molar-refractivity contribution in [3.63, 3.8) is 0 Å². The molecule has 0 bridgehead atoms. The fourth-order valence-electron chi connectivity index (χ4n) is 1.38. The van der Waals surface area contributed by atoms with Crippen LogP contribution in [0.25, 0.3) is 0 Å². The predicted molar refractivity (Wildman–Crippen MR) is 41.3 cm³/mol. The average Bonchev–Trinajstić information content (AvgIpc) is 2.26. The van der Waals surface area contributed by atoms with Crippen LogP contribution in [0, 0.1) is 0 Å². The Morgan fingerprint density at radius 1 is 1.73 bits per heavy atom. The van der Waals surface area contributed by atoms with Crippen LogP contribution in [-0.2, 0) is 9.53 Å². The van der Waals surface area contributed by atoms with Gasteiger partial charge in [-0.25, -0.2) is 0 Å². The summed E-state index contributed by atoms with van der Waals surface area (Å²) in [6, 6.07) is 0. The lowest BCUT2D eigenvalue weighted by molar-refractivity contribution is -0.156. The SMILES string of the molecule is Cl.NCC1CN2C(=O)CC2O1. The normalized spacial score (nSPS) is 34.3. The van der Waals surface area contributed by atoms with Crippen molar-refractivity contribution < 1.29 is 9.53 Å². The molecule has 2 unspecified atom stereocenters. The van der Waals surface area contributed by atoms with E-state index in [-0.39, 0.29) is 30.6 Å². The van der Waals surface area contributed by atoms with Crippen LogP contribution in [0.15, 0.2) is 0 Å². The van der Waals surface area contributed by atoms with E-state index >= 15 is 0 Å². The van der Waals surface area contributed by atoms with E-state index in [1.54, 1.807) is 4.90 Å². The average molecular weight is 179 g/mol. The molecule has 2 rings (SSSR count). The molecule has 0 saturated carbocycles. The van der Waals surface area contributed by atoms with Crippen molar-refractivity contribution in [2.75, 3.05) is 13.1 Å². The molecule has 0 aromatic carbocycles. The molecule has 5 heteroatoms. The standard InChI is InChI=1S/C6H10N2O2.ClH/c7-2-4-3-8-5(9)1-6(8)10-4;/h4,6H,1-3,7H2;1H. The van der Waals surface area contributed by atoms with Gasteiger partial charge in [0.15, 0.2) is 0 Å². The minimum Gasteiger partial charge on any atom is -0.351 e. The van der Waals surface area contributed by atoms with E-state index in [1.165, 1.54) is 0 Å². The molecule has 2 saturated heterocycles. The lowest BCUT2D eigenvalue weighted by atomic mass is 10.2. The van der Waals surface area contributed by atoms with E-state index < -0.39 is 0 Å². The third-order valence-electron chi connectivity index (χ3n) is 2.03. The van der Waals surface area contributed by atoms with Crippen molar-refractivity contribution in [1.29, 1.82) is 0 Å². The molecular formula is C6H11ClN2O2. The van der Waals surface area contributed by atoms with E-state index in [2.05, 4.69) is 0 Å². The van der Waals surface area contributed by atoms with Crippen LogP contribution in [0.1, 0.15) is 6.42 Å². The number of nitrogens with two attached hydrogens (primary N) is 1. The van der Waals surface area contributed by atoms with Gasteiger partial charge in [-0.2, -0.15) is 0 Å². The molecule has 2 heterocycles. The summed E-state index contributed by atoms with van der Waals surface area (Å²) in [6.45, 7) is 1.21. The molecule has 0 aromatic heterocycles. The molecule has 0 spiro atoms. The lowest BCUT2D eigenvalue weighted by Crippen LogP contribution is -2.48. The number of β-lactam (4-membered cyclic amide) rings is 1. The first-order valence-electron chi connectivity index (χ1n) is 3.46. The maximum atomic E-state index is 10.8. The number of hydrogen-bond acceptors (Lipinski definition) is 3. The first-order valence-corrected chi connectivity index (χ1v) is 3.46. The van der Waals surface area contributed by atoms with Gasteiger partial charge in [0.05, 0.1) is 19.1 Å². The van der Waals surface area contributed by atoms with Crippen LogP contribution < -0.4 is 5.73 Å². The van der Waals surface area contributed by atoms with E-state index in [0.29, 0.717) is 19.5 Å². The van der Waals surface area contributed by atoms with Gasteiger partial charge in [-0.1, -0.05) is 0 Å². The molecule has 64 valence electrons. The summed E-state index contributed by atoms with van der Waals surface area (Å²) in [4.78, 5) is 12.5. The molecule has 0 aliphatic carbocycles. The van der Waals surface area contributed by atoms with Gasteiger partial charge in [0.1, 0.15) is 6.23 Å². The maximum absolute atomic E-state index is 10.8. The summed E-state index contributed by atoms with van der Waals surface area (Å²) < 4.78 is 5.36. The molecule has 2 N–H and O–H groups in total. The lowest BCUT2D eigenvalue weighted by Gasteiger charge is -2.31. The van der Waals surface area contributed by atoms with Crippen molar-refractivity contribution >= 4 is 18.3 Å². The van der Waals surface area contributed by atoms with Crippen molar-refractivity contribution in [3.05, 3.63) is 0 Å². The summed E-state index contributed by atoms with van der Waals surface area (Å²) in [6.07, 6.45) is 0.689. The van der Waals surface area contributed by atoms with Crippen LogP contribution in [0.5, 0.6) is 0 Å². The first-order chi connectivity index (χ1) is 4.81. The summed E-state index contributed by atoms with van der Waals surface area (Å²) in [5, 5.41) is 0. The first kappa shape index (κ1) is 8.77. The third-order valence-corrected chi connectivity index (χ3v) is 2.03. The molecule has 2 aliphatic rings. The summed E-state index contributed by atoms with van der Waals surface area (Å²) >= 11 is 0. The zero-order chi connectivity index (χ0) is 7.14. The molecule has 4 nitrogen and oxygen atoms in total. The quantitative estimate of drug-likeness (QED) is 0.542. The van der Waals surface area contributed by atoms with Crippen molar-refractivity contribution in [3.8, 4) is 0 Å². The fourth-order valence-corrected chi connectivity index (χ4v) is 1.38. The Bertz CT molecular complexity index is 176. The Kier molecular flexibility index (Phi) is 2.37. The molecule has 11 heavy (non-hydrogen) atoms. The second kappa shape index (κ2) is 2.97. The highest BCUT2D eigenvalue weighted by Gasteiger charge is 2.44. The van der Waals surface area contributed by atoms with Crippen molar-refractivity contribution in [2.45, 2.75) is 18.8 Å². The van der Waals surface area contributed by atoms with E-state index in [4.69, 9.17) is 10.5 Å². The van der Waals surface area contributed by atoms with Crippen LogP contribution >= 0.6 is 12.4 Å². The van der Waals surface area contributed by atoms with Crippen LogP contribution in [0.3, 0.4) is 0 Å². The van der Waals surface area contributed by atoms with Gasteiger partial charge >= 0.3 is 0 Å². The number of fused-ring (bicyclic) bond motifs is 1. The number of halogens is 1. The number of hydrogen-bond donors (Lipinski definition) is 1. The van der Waals surface area contributed by atoms with E-state index in [9.17, 15) is 4.79 Å².